The van der Waals surface area contributed by atoms with Crippen LogP contribution in [0.25, 0.3) is 0 Å². The molecule has 0 amide bonds. The highest BCUT2D eigenvalue weighted by molar-refractivity contribution is 5.51. The van der Waals surface area contributed by atoms with Crippen LogP contribution in [0.3, 0.4) is 0 Å². The summed E-state index contributed by atoms with van der Waals surface area (Å²) < 4.78 is 11.6. The van der Waals surface area contributed by atoms with Gasteiger partial charge in [0.2, 0.25) is 0 Å². The highest BCUT2D eigenvalue weighted by Gasteiger charge is 2.31. The monoisotopic (exact) mass is 484 g/mol. The van der Waals surface area contributed by atoms with Crippen molar-refractivity contribution in [1.29, 1.82) is 0 Å². The number of hydrogen-bond donors (Lipinski definition) is 0. The van der Waals surface area contributed by atoms with Gasteiger partial charge in [-0.15, -0.1) is 0 Å². The van der Waals surface area contributed by atoms with Crippen LogP contribution in [0.1, 0.15) is 40.3 Å². The maximum absolute atomic E-state index is 6.19. The van der Waals surface area contributed by atoms with Crippen LogP contribution in [-0.2, 0) is 11.8 Å². The lowest BCUT2D eigenvalue weighted by atomic mass is 9.71. The number of ether oxygens (including phenoxy) is 2. The molecule has 184 valence electrons. The Morgan fingerprint density at radius 2 is 0.946 bits per heavy atom. The zero-order chi connectivity index (χ0) is 25.7. The molecule has 0 radical (unpaired) electrons. The van der Waals surface area contributed by atoms with E-state index in [1.807, 2.05) is 24.3 Å². The summed E-state index contributed by atoms with van der Waals surface area (Å²) in [4.78, 5) is 0. The topological polar surface area (TPSA) is 18.5 Å². The molecule has 0 spiro atoms. The third-order valence-corrected chi connectivity index (χ3v) is 7.14. The van der Waals surface area contributed by atoms with E-state index in [1.54, 1.807) is 7.11 Å². The van der Waals surface area contributed by atoms with Crippen molar-refractivity contribution >= 4 is 0 Å². The van der Waals surface area contributed by atoms with Crippen LogP contribution in [-0.4, -0.2) is 7.11 Å². The van der Waals surface area contributed by atoms with Crippen LogP contribution in [0.5, 0.6) is 17.2 Å². The van der Waals surface area contributed by atoms with Crippen LogP contribution >= 0.6 is 0 Å². The number of benzene rings is 5. The summed E-state index contributed by atoms with van der Waals surface area (Å²) in [6, 6.07) is 44.5. The van der Waals surface area contributed by atoms with Crippen LogP contribution < -0.4 is 9.47 Å². The first-order valence-electron chi connectivity index (χ1n) is 12.7. The van der Waals surface area contributed by atoms with Crippen molar-refractivity contribution in [1.82, 2.24) is 0 Å². The Morgan fingerprint density at radius 3 is 1.46 bits per heavy atom. The van der Waals surface area contributed by atoms with Gasteiger partial charge in [0.1, 0.15) is 17.2 Å². The van der Waals surface area contributed by atoms with Gasteiger partial charge in [0, 0.05) is 5.41 Å². The molecule has 0 saturated heterocycles. The highest BCUT2D eigenvalue weighted by Crippen LogP contribution is 2.40. The number of hydrogen-bond acceptors (Lipinski definition) is 2. The first-order valence-corrected chi connectivity index (χ1v) is 12.7. The molecule has 1 atom stereocenters. The van der Waals surface area contributed by atoms with Gasteiger partial charge in [-0.3, -0.25) is 0 Å². The van der Waals surface area contributed by atoms with Gasteiger partial charge in [-0.2, -0.15) is 0 Å². The van der Waals surface area contributed by atoms with Crippen molar-refractivity contribution in [3.05, 3.63) is 161 Å². The van der Waals surface area contributed by atoms with Gasteiger partial charge in [-0.1, -0.05) is 96.6 Å². The largest absolute Gasteiger partial charge is 0.497 e. The maximum atomic E-state index is 6.19. The Kier molecular flexibility index (Phi) is 7.09. The summed E-state index contributed by atoms with van der Waals surface area (Å²) in [7, 11) is 1.70. The summed E-state index contributed by atoms with van der Waals surface area (Å²) >= 11 is 0. The summed E-state index contributed by atoms with van der Waals surface area (Å²) in [5, 5.41) is 0. The van der Waals surface area contributed by atoms with Crippen molar-refractivity contribution in [3.63, 3.8) is 0 Å². The lowest BCUT2D eigenvalue weighted by molar-refractivity contribution is 0.414. The Hall–Kier alpha value is -4.30. The van der Waals surface area contributed by atoms with Crippen molar-refractivity contribution < 1.29 is 9.47 Å². The normalized spacial score (nSPS) is 12.5. The van der Waals surface area contributed by atoms with E-state index >= 15 is 0 Å². The summed E-state index contributed by atoms with van der Waals surface area (Å²) in [5.74, 6) is 2.51. The quantitative estimate of drug-likeness (QED) is 0.205. The fourth-order valence-electron chi connectivity index (χ4n) is 4.81. The molecule has 0 bridgehead atoms. The fraction of sp³-hybridized carbons (Fsp3) is 0.143. The molecule has 5 aromatic rings. The summed E-state index contributed by atoms with van der Waals surface area (Å²) in [6.07, 6.45) is 0.915. The van der Waals surface area contributed by atoms with Gasteiger partial charge in [0.05, 0.1) is 7.11 Å². The molecule has 0 aliphatic heterocycles. The van der Waals surface area contributed by atoms with E-state index in [2.05, 4.69) is 117 Å². The van der Waals surface area contributed by atoms with E-state index in [1.165, 1.54) is 33.4 Å². The second-order valence-corrected chi connectivity index (χ2v) is 9.65. The van der Waals surface area contributed by atoms with Gasteiger partial charge in [0.15, 0.2) is 0 Å². The zero-order valence-corrected chi connectivity index (χ0v) is 21.6. The molecule has 5 rings (SSSR count). The number of methoxy groups -OCH3 is 1. The maximum Gasteiger partial charge on any atom is 0.127 e. The third-order valence-electron chi connectivity index (χ3n) is 7.14. The van der Waals surface area contributed by atoms with Crippen molar-refractivity contribution in [2.24, 2.45) is 0 Å². The van der Waals surface area contributed by atoms with E-state index in [4.69, 9.17) is 9.47 Å². The van der Waals surface area contributed by atoms with E-state index in [-0.39, 0.29) is 5.41 Å². The molecule has 0 heterocycles. The van der Waals surface area contributed by atoms with Crippen molar-refractivity contribution in [2.75, 3.05) is 7.11 Å². The van der Waals surface area contributed by atoms with Gasteiger partial charge < -0.3 is 9.47 Å². The first kappa shape index (κ1) is 24.4. The van der Waals surface area contributed by atoms with E-state index < -0.39 is 0 Å². The predicted octanol–water partition coefficient (Wildman–Crippen LogP) is 8.74. The lowest BCUT2D eigenvalue weighted by Gasteiger charge is -2.32. The molecule has 2 nitrogen and oxygen atoms in total. The fourth-order valence-corrected chi connectivity index (χ4v) is 4.81. The first-order chi connectivity index (χ1) is 18.0. The third kappa shape index (κ3) is 5.44. The molecule has 0 saturated carbocycles. The summed E-state index contributed by atoms with van der Waals surface area (Å²) in [5.41, 5.74) is 7.19. The van der Waals surface area contributed by atoms with Gasteiger partial charge in [0.25, 0.3) is 0 Å². The molecule has 1 unspecified atom stereocenters. The second-order valence-electron chi connectivity index (χ2n) is 9.65. The minimum absolute atomic E-state index is 0.316. The van der Waals surface area contributed by atoms with Crippen LogP contribution in [0.2, 0.25) is 0 Å². The molecule has 0 fully saturated rings. The van der Waals surface area contributed by atoms with Crippen LogP contribution in [0.15, 0.2) is 127 Å². The van der Waals surface area contributed by atoms with Gasteiger partial charge in [-0.25, -0.2) is 0 Å². The molecule has 5 aromatic carbocycles. The molecular formula is C35H32O2. The molecule has 0 aromatic heterocycles. The lowest BCUT2D eigenvalue weighted by Crippen LogP contribution is -2.25. The van der Waals surface area contributed by atoms with Crippen LogP contribution in [0, 0.1) is 6.92 Å². The van der Waals surface area contributed by atoms with Gasteiger partial charge >= 0.3 is 0 Å². The highest BCUT2D eigenvalue weighted by atomic mass is 16.5. The predicted molar refractivity (Wildman–Crippen MR) is 152 cm³/mol. The Bertz CT molecular complexity index is 1420. The SMILES string of the molecule is COc1ccc(C(C)(c2ccccc2)c2ccc(Oc3ccc(Cc4ccc(C)cc4)cc3)cc2)cc1. The Balaban J connectivity index is 1.36. The molecular weight excluding hydrogens is 452 g/mol. The second kappa shape index (κ2) is 10.8. The average molecular weight is 485 g/mol. The minimum Gasteiger partial charge on any atom is -0.497 e. The Labute approximate surface area is 220 Å². The number of rotatable bonds is 8. The molecule has 0 aliphatic carbocycles. The van der Waals surface area contributed by atoms with Gasteiger partial charge in [-0.05, 0) is 84.5 Å². The molecule has 2 heteroatoms. The Morgan fingerprint density at radius 1 is 0.514 bits per heavy atom. The minimum atomic E-state index is -0.316. The number of aryl methyl sites for hydroxylation is 1. The van der Waals surface area contributed by atoms with Crippen molar-refractivity contribution in [2.45, 2.75) is 25.7 Å². The van der Waals surface area contributed by atoms with E-state index in [9.17, 15) is 0 Å². The molecule has 0 N–H and O–H groups in total. The summed E-state index contributed by atoms with van der Waals surface area (Å²) in [6.45, 7) is 4.39. The van der Waals surface area contributed by atoms with E-state index in [0.717, 1.165) is 23.7 Å². The standard InChI is InChI=1S/C35H32O2/c1-26-9-11-27(12-10-26)25-28-13-19-33(20-14-28)37-34-23-17-31(18-24-34)35(2,29-7-5-4-6-8-29)30-15-21-32(36-3)22-16-30/h4-24H,25H2,1-3H3. The van der Waals surface area contributed by atoms with Crippen LogP contribution in [0.4, 0.5) is 0 Å². The van der Waals surface area contributed by atoms with E-state index in [0.29, 0.717) is 0 Å². The average Bonchev–Trinajstić information content (AvgIpc) is 2.96. The zero-order valence-electron chi connectivity index (χ0n) is 21.6. The van der Waals surface area contributed by atoms with Crippen molar-refractivity contribution in [3.8, 4) is 17.2 Å². The smallest absolute Gasteiger partial charge is 0.127 e. The molecule has 37 heavy (non-hydrogen) atoms. The molecule has 0 aliphatic rings.